The van der Waals surface area contributed by atoms with E-state index in [-0.39, 0.29) is 0 Å². The standard InChI is InChI=1S/C51H31N3O/c1-2-14-37-31-38(30-25-32(37)11-1)50-52-49(36-28-26-35(27-29-36)40-19-7-15-33-12-3-5-17-39(33)40)53-51(54-50)44-22-10-24-46-48(44)47-43(21-9-23-45(47)55-46)42-20-8-16-34-13-4-6-18-41(34)42/h1-31H. The van der Waals surface area contributed by atoms with E-state index in [0.29, 0.717) is 17.5 Å². The van der Waals surface area contributed by atoms with E-state index in [1.165, 1.54) is 32.5 Å². The topological polar surface area (TPSA) is 51.8 Å². The predicted octanol–water partition coefficient (Wildman–Crippen LogP) is 13.6. The third-order valence-electron chi connectivity index (χ3n) is 10.7. The molecule has 0 N–H and O–H groups in total. The quantitative estimate of drug-likeness (QED) is 0.179. The Bertz CT molecular complexity index is 3260. The molecule has 0 atom stereocenters. The van der Waals surface area contributed by atoms with E-state index in [4.69, 9.17) is 19.4 Å². The molecule has 0 aliphatic carbocycles. The van der Waals surface area contributed by atoms with Crippen LogP contribution in [-0.2, 0) is 0 Å². The Morgan fingerprint density at radius 1 is 0.291 bits per heavy atom. The summed E-state index contributed by atoms with van der Waals surface area (Å²) < 4.78 is 6.58. The largest absolute Gasteiger partial charge is 0.456 e. The summed E-state index contributed by atoms with van der Waals surface area (Å²) in [5.74, 6) is 1.81. The zero-order valence-electron chi connectivity index (χ0n) is 29.6. The van der Waals surface area contributed by atoms with Crippen LogP contribution in [0, 0.1) is 0 Å². The van der Waals surface area contributed by atoms with Gasteiger partial charge in [0.2, 0.25) is 0 Å². The zero-order chi connectivity index (χ0) is 36.3. The first-order valence-corrected chi connectivity index (χ1v) is 18.5. The van der Waals surface area contributed by atoms with Gasteiger partial charge in [-0.3, -0.25) is 0 Å². The van der Waals surface area contributed by atoms with Gasteiger partial charge in [-0.2, -0.15) is 0 Å². The molecule has 0 bridgehead atoms. The van der Waals surface area contributed by atoms with Crippen LogP contribution in [0.3, 0.4) is 0 Å². The van der Waals surface area contributed by atoms with Crippen molar-refractivity contribution < 1.29 is 4.42 Å². The van der Waals surface area contributed by atoms with Gasteiger partial charge in [0.25, 0.3) is 0 Å². The molecule has 0 radical (unpaired) electrons. The second kappa shape index (κ2) is 12.6. The van der Waals surface area contributed by atoms with Crippen LogP contribution in [0.2, 0.25) is 0 Å². The summed E-state index contributed by atoms with van der Waals surface area (Å²) in [5, 5.41) is 9.15. The van der Waals surface area contributed by atoms with Gasteiger partial charge >= 0.3 is 0 Å². The number of furan rings is 1. The van der Waals surface area contributed by atoms with Gasteiger partial charge in [0.15, 0.2) is 17.5 Å². The summed E-state index contributed by atoms with van der Waals surface area (Å²) in [6, 6.07) is 65.8. The normalized spacial score (nSPS) is 11.6. The lowest BCUT2D eigenvalue weighted by Crippen LogP contribution is -2.00. The summed E-state index contributed by atoms with van der Waals surface area (Å²) in [7, 11) is 0. The van der Waals surface area contributed by atoms with Gasteiger partial charge in [-0.25, -0.2) is 15.0 Å². The minimum absolute atomic E-state index is 0.590. The first kappa shape index (κ1) is 31.1. The van der Waals surface area contributed by atoms with E-state index in [2.05, 4.69) is 170 Å². The summed E-state index contributed by atoms with van der Waals surface area (Å²) in [4.78, 5) is 15.6. The molecule has 256 valence electrons. The van der Waals surface area contributed by atoms with E-state index in [1.54, 1.807) is 0 Å². The molecule has 11 rings (SSSR count). The van der Waals surface area contributed by atoms with Crippen molar-refractivity contribution in [3.8, 4) is 56.4 Å². The fourth-order valence-corrected chi connectivity index (χ4v) is 8.10. The summed E-state index contributed by atoms with van der Waals surface area (Å²) >= 11 is 0. The Labute approximate surface area is 317 Å². The SMILES string of the molecule is c1ccc2cc(-c3nc(-c4ccc(-c5cccc6ccccc56)cc4)nc(-c4cccc5oc6cccc(-c7cccc8ccccc78)c6c45)n3)ccc2c1. The molecule has 0 saturated heterocycles. The highest BCUT2D eigenvalue weighted by Gasteiger charge is 2.21. The highest BCUT2D eigenvalue weighted by atomic mass is 16.3. The molecule has 0 spiro atoms. The van der Waals surface area contributed by atoms with Gasteiger partial charge in [-0.1, -0.05) is 170 Å². The molecule has 55 heavy (non-hydrogen) atoms. The third-order valence-corrected chi connectivity index (χ3v) is 10.7. The number of aromatic nitrogens is 3. The fraction of sp³-hybridized carbons (Fsp3) is 0. The lowest BCUT2D eigenvalue weighted by molar-refractivity contribution is 0.669. The van der Waals surface area contributed by atoms with Crippen LogP contribution in [0.15, 0.2) is 192 Å². The number of nitrogens with zero attached hydrogens (tertiary/aromatic N) is 3. The summed E-state index contributed by atoms with van der Waals surface area (Å²) in [6.45, 7) is 0. The minimum atomic E-state index is 0.590. The minimum Gasteiger partial charge on any atom is -0.456 e. The van der Waals surface area contributed by atoms with Crippen LogP contribution in [0.4, 0.5) is 0 Å². The summed E-state index contributed by atoms with van der Waals surface area (Å²) in [5.41, 5.74) is 8.93. The number of hydrogen-bond donors (Lipinski definition) is 0. The number of benzene rings is 9. The van der Waals surface area contributed by atoms with Gasteiger partial charge in [-0.05, 0) is 72.8 Å². The Morgan fingerprint density at radius 2 is 0.764 bits per heavy atom. The van der Waals surface area contributed by atoms with Crippen LogP contribution in [-0.4, -0.2) is 15.0 Å². The van der Waals surface area contributed by atoms with Crippen molar-refractivity contribution >= 4 is 54.3 Å². The van der Waals surface area contributed by atoms with Crippen molar-refractivity contribution in [2.75, 3.05) is 0 Å². The van der Waals surface area contributed by atoms with E-state index in [9.17, 15) is 0 Å². The Balaban J connectivity index is 1.13. The van der Waals surface area contributed by atoms with E-state index in [0.717, 1.165) is 60.7 Å². The maximum absolute atomic E-state index is 6.58. The van der Waals surface area contributed by atoms with Gasteiger partial charge in [0.05, 0.1) is 0 Å². The van der Waals surface area contributed by atoms with Gasteiger partial charge in [0.1, 0.15) is 11.2 Å². The van der Waals surface area contributed by atoms with E-state index >= 15 is 0 Å². The second-order valence-electron chi connectivity index (χ2n) is 14.0. The molecule has 4 heteroatoms. The highest BCUT2D eigenvalue weighted by Crippen LogP contribution is 2.43. The average molecular weight is 702 g/mol. The molecule has 0 saturated carbocycles. The van der Waals surface area contributed by atoms with Crippen molar-refractivity contribution in [1.29, 1.82) is 0 Å². The maximum Gasteiger partial charge on any atom is 0.164 e. The van der Waals surface area contributed by atoms with Crippen LogP contribution < -0.4 is 0 Å². The Morgan fingerprint density at radius 3 is 1.49 bits per heavy atom. The first-order valence-electron chi connectivity index (χ1n) is 18.5. The molecule has 9 aromatic carbocycles. The molecular formula is C51H31N3O. The molecule has 0 amide bonds. The van der Waals surface area contributed by atoms with Crippen molar-refractivity contribution in [2.45, 2.75) is 0 Å². The molecule has 2 aromatic heterocycles. The first-order chi connectivity index (χ1) is 27.2. The van der Waals surface area contributed by atoms with Gasteiger partial charge < -0.3 is 4.42 Å². The highest BCUT2D eigenvalue weighted by molar-refractivity contribution is 6.19. The van der Waals surface area contributed by atoms with E-state index in [1.807, 2.05) is 18.2 Å². The number of rotatable bonds is 5. The average Bonchev–Trinajstić information content (AvgIpc) is 3.65. The van der Waals surface area contributed by atoms with Crippen LogP contribution in [0.5, 0.6) is 0 Å². The molecule has 0 aliphatic rings. The molecule has 0 aliphatic heterocycles. The molecule has 11 aromatic rings. The monoisotopic (exact) mass is 701 g/mol. The van der Waals surface area contributed by atoms with Gasteiger partial charge in [-0.15, -0.1) is 0 Å². The smallest absolute Gasteiger partial charge is 0.164 e. The molecule has 2 heterocycles. The van der Waals surface area contributed by atoms with Crippen molar-refractivity contribution in [2.24, 2.45) is 0 Å². The van der Waals surface area contributed by atoms with Crippen LogP contribution in [0.25, 0.3) is 111 Å². The molecular weight excluding hydrogens is 671 g/mol. The Kier molecular flexibility index (Phi) is 7.14. The summed E-state index contributed by atoms with van der Waals surface area (Å²) in [6.07, 6.45) is 0. The maximum atomic E-state index is 6.58. The van der Waals surface area contributed by atoms with Crippen molar-refractivity contribution in [1.82, 2.24) is 15.0 Å². The molecule has 4 nitrogen and oxygen atoms in total. The van der Waals surface area contributed by atoms with Gasteiger partial charge in [0, 0.05) is 27.5 Å². The van der Waals surface area contributed by atoms with Crippen molar-refractivity contribution in [3.05, 3.63) is 188 Å². The van der Waals surface area contributed by atoms with Crippen molar-refractivity contribution in [3.63, 3.8) is 0 Å². The number of fused-ring (bicyclic) bond motifs is 6. The second-order valence-corrected chi connectivity index (χ2v) is 14.0. The number of hydrogen-bond acceptors (Lipinski definition) is 4. The Hall–Kier alpha value is -7.43. The third kappa shape index (κ3) is 5.26. The van der Waals surface area contributed by atoms with Crippen LogP contribution in [0.1, 0.15) is 0 Å². The molecule has 0 fully saturated rings. The lowest BCUT2D eigenvalue weighted by atomic mass is 9.93. The lowest BCUT2D eigenvalue weighted by Gasteiger charge is -2.12. The zero-order valence-corrected chi connectivity index (χ0v) is 29.6. The predicted molar refractivity (Wildman–Crippen MR) is 227 cm³/mol. The van der Waals surface area contributed by atoms with E-state index < -0.39 is 0 Å². The molecule has 0 unspecified atom stereocenters. The fourth-order valence-electron chi connectivity index (χ4n) is 8.10. The van der Waals surface area contributed by atoms with Crippen LogP contribution >= 0.6 is 0 Å².